The van der Waals surface area contributed by atoms with E-state index in [1.165, 1.54) is 12.8 Å². The maximum absolute atomic E-state index is 12.3. The molecule has 0 saturated carbocycles. The zero-order chi connectivity index (χ0) is 17.2. The molecule has 2 amide bonds. The summed E-state index contributed by atoms with van der Waals surface area (Å²) in [7, 11) is 1.78. The second-order valence-electron chi connectivity index (χ2n) is 7.04. The molecular formula is C19H25N3O3. The van der Waals surface area contributed by atoms with Crippen molar-refractivity contribution in [1.29, 1.82) is 0 Å². The van der Waals surface area contributed by atoms with Crippen molar-refractivity contribution >= 4 is 17.0 Å². The predicted octanol–water partition coefficient (Wildman–Crippen LogP) is 2.44. The fourth-order valence-corrected chi connectivity index (χ4v) is 3.77. The van der Waals surface area contributed by atoms with E-state index in [-0.39, 0.29) is 12.1 Å². The third kappa shape index (κ3) is 3.65. The number of fused-ring (bicyclic) bond motifs is 2. The molecule has 4 rings (SSSR count). The Morgan fingerprint density at radius 3 is 3.16 bits per heavy atom. The average molecular weight is 343 g/mol. The van der Waals surface area contributed by atoms with Crippen molar-refractivity contribution in [3.05, 3.63) is 36.1 Å². The SMILES string of the molecule is CN(Cc1cc2ccccc2o1)C(=O)NC[C@H]1CN2CCC[C@H]2CO1. The van der Waals surface area contributed by atoms with Crippen LogP contribution in [0.4, 0.5) is 4.79 Å². The van der Waals surface area contributed by atoms with Gasteiger partial charge >= 0.3 is 6.03 Å². The highest BCUT2D eigenvalue weighted by Gasteiger charge is 2.32. The van der Waals surface area contributed by atoms with Gasteiger partial charge in [-0.2, -0.15) is 0 Å². The maximum Gasteiger partial charge on any atom is 0.317 e. The molecule has 2 aliphatic rings. The molecule has 6 heteroatoms. The summed E-state index contributed by atoms with van der Waals surface area (Å²) in [5, 5.41) is 4.04. The maximum atomic E-state index is 12.3. The van der Waals surface area contributed by atoms with Crippen LogP contribution in [0.15, 0.2) is 34.7 Å². The molecule has 25 heavy (non-hydrogen) atoms. The molecule has 0 unspecified atom stereocenters. The summed E-state index contributed by atoms with van der Waals surface area (Å²) in [6, 6.07) is 10.3. The summed E-state index contributed by atoms with van der Waals surface area (Å²) >= 11 is 0. The number of benzene rings is 1. The van der Waals surface area contributed by atoms with Crippen molar-refractivity contribution in [3.8, 4) is 0 Å². The third-order valence-corrected chi connectivity index (χ3v) is 5.16. The van der Waals surface area contributed by atoms with Crippen LogP contribution >= 0.6 is 0 Å². The number of rotatable bonds is 4. The molecule has 0 radical (unpaired) electrons. The van der Waals surface area contributed by atoms with Gasteiger partial charge in [0.25, 0.3) is 0 Å². The van der Waals surface area contributed by atoms with E-state index in [1.54, 1.807) is 11.9 Å². The minimum atomic E-state index is -0.104. The summed E-state index contributed by atoms with van der Waals surface area (Å²) in [6.45, 7) is 3.85. The summed E-state index contributed by atoms with van der Waals surface area (Å²) in [4.78, 5) is 16.5. The number of nitrogens with zero attached hydrogens (tertiary/aromatic N) is 2. The highest BCUT2D eigenvalue weighted by atomic mass is 16.5. The molecule has 0 bridgehead atoms. The molecule has 0 aliphatic carbocycles. The number of hydrogen-bond donors (Lipinski definition) is 1. The summed E-state index contributed by atoms with van der Waals surface area (Å²) < 4.78 is 11.7. The molecule has 2 atom stereocenters. The molecular weight excluding hydrogens is 318 g/mol. The van der Waals surface area contributed by atoms with Crippen molar-refractivity contribution < 1.29 is 13.9 Å². The zero-order valence-electron chi connectivity index (χ0n) is 14.6. The Hall–Kier alpha value is -2.05. The van der Waals surface area contributed by atoms with Crippen molar-refractivity contribution in [3.63, 3.8) is 0 Å². The van der Waals surface area contributed by atoms with E-state index in [0.717, 1.165) is 36.4 Å². The number of nitrogens with one attached hydrogen (secondary N) is 1. The van der Waals surface area contributed by atoms with Gasteiger partial charge in [0.15, 0.2) is 0 Å². The first-order valence-corrected chi connectivity index (χ1v) is 9.01. The lowest BCUT2D eigenvalue weighted by atomic mass is 10.2. The summed E-state index contributed by atoms with van der Waals surface area (Å²) in [6.07, 6.45) is 2.57. The van der Waals surface area contributed by atoms with Crippen LogP contribution in [0.2, 0.25) is 0 Å². The highest BCUT2D eigenvalue weighted by molar-refractivity contribution is 5.78. The Bertz CT molecular complexity index is 711. The van der Waals surface area contributed by atoms with Crippen LogP contribution in [-0.2, 0) is 11.3 Å². The normalized spacial score (nSPS) is 23.6. The van der Waals surface area contributed by atoms with Gasteiger partial charge in [-0.05, 0) is 31.5 Å². The van der Waals surface area contributed by atoms with Gasteiger partial charge in [0.05, 0.1) is 19.3 Å². The summed E-state index contributed by atoms with van der Waals surface area (Å²) in [5.41, 5.74) is 0.849. The van der Waals surface area contributed by atoms with Gasteiger partial charge in [0, 0.05) is 31.6 Å². The lowest BCUT2D eigenvalue weighted by Gasteiger charge is -2.35. The van der Waals surface area contributed by atoms with Crippen LogP contribution in [0.3, 0.4) is 0 Å². The molecule has 1 aromatic carbocycles. The fourth-order valence-electron chi connectivity index (χ4n) is 3.77. The Morgan fingerprint density at radius 1 is 1.40 bits per heavy atom. The molecule has 0 spiro atoms. The second kappa shape index (κ2) is 7.06. The number of furan rings is 1. The van der Waals surface area contributed by atoms with Gasteiger partial charge in [-0.1, -0.05) is 18.2 Å². The van der Waals surface area contributed by atoms with Crippen LogP contribution in [0, 0.1) is 0 Å². The van der Waals surface area contributed by atoms with E-state index >= 15 is 0 Å². The van der Waals surface area contributed by atoms with Crippen LogP contribution in [-0.4, -0.2) is 61.3 Å². The number of morpholine rings is 1. The minimum Gasteiger partial charge on any atom is -0.459 e. The molecule has 134 valence electrons. The van der Waals surface area contributed by atoms with E-state index in [2.05, 4.69) is 10.2 Å². The van der Waals surface area contributed by atoms with Crippen molar-refractivity contribution in [2.75, 3.05) is 33.3 Å². The van der Waals surface area contributed by atoms with E-state index < -0.39 is 0 Å². The first kappa shape index (κ1) is 16.4. The molecule has 1 aromatic heterocycles. The Morgan fingerprint density at radius 2 is 2.28 bits per heavy atom. The van der Waals surface area contributed by atoms with Crippen LogP contribution in [0.25, 0.3) is 11.0 Å². The molecule has 2 saturated heterocycles. The predicted molar refractivity (Wildman–Crippen MR) is 95.4 cm³/mol. The lowest BCUT2D eigenvalue weighted by Crippen LogP contribution is -2.51. The van der Waals surface area contributed by atoms with Crippen LogP contribution in [0.1, 0.15) is 18.6 Å². The van der Waals surface area contributed by atoms with Gasteiger partial charge in [0.2, 0.25) is 0 Å². The average Bonchev–Trinajstić information content (AvgIpc) is 3.24. The Balaban J connectivity index is 1.27. The first-order valence-electron chi connectivity index (χ1n) is 9.01. The number of ether oxygens (including phenoxy) is 1. The van der Waals surface area contributed by atoms with Gasteiger partial charge in [-0.3, -0.25) is 4.90 Å². The number of urea groups is 1. The molecule has 3 heterocycles. The standard InChI is InChI=1S/C19H25N3O3/c1-21(11-16-9-14-5-2-3-7-18(14)25-16)19(23)20-10-17-12-22-8-4-6-15(22)13-24-17/h2-3,5,7,9,15,17H,4,6,8,10-13H2,1H3,(H,20,23)/t15-,17-/m0/s1. The zero-order valence-corrected chi connectivity index (χ0v) is 14.6. The third-order valence-electron chi connectivity index (χ3n) is 5.16. The lowest BCUT2D eigenvalue weighted by molar-refractivity contribution is -0.0460. The molecule has 2 fully saturated rings. The smallest absolute Gasteiger partial charge is 0.317 e. The van der Waals surface area contributed by atoms with Crippen molar-refractivity contribution in [2.45, 2.75) is 31.5 Å². The second-order valence-corrected chi connectivity index (χ2v) is 7.04. The minimum absolute atomic E-state index is 0.0814. The van der Waals surface area contributed by atoms with Gasteiger partial charge in [-0.25, -0.2) is 4.79 Å². The van der Waals surface area contributed by atoms with Crippen LogP contribution < -0.4 is 5.32 Å². The van der Waals surface area contributed by atoms with Gasteiger partial charge in [-0.15, -0.1) is 0 Å². The van der Waals surface area contributed by atoms with Gasteiger partial charge < -0.3 is 19.4 Å². The number of amides is 2. The molecule has 2 aliphatic heterocycles. The number of para-hydroxylation sites is 1. The largest absolute Gasteiger partial charge is 0.459 e. The topological polar surface area (TPSA) is 58.0 Å². The monoisotopic (exact) mass is 343 g/mol. The van der Waals surface area contributed by atoms with E-state index in [4.69, 9.17) is 9.15 Å². The van der Waals surface area contributed by atoms with Gasteiger partial charge in [0.1, 0.15) is 11.3 Å². The Kier molecular flexibility index (Phi) is 4.63. The highest BCUT2D eigenvalue weighted by Crippen LogP contribution is 2.22. The van der Waals surface area contributed by atoms with E-state index in [0.29, 0.717) is 19.1 Å². The molecule has 2 aromatic rings. The summed E-state index contributed by atoms with van der Waals surface area (Å²) in [5.74, 6) is 0.785. The first-order chi connectivity index (χ1) is 12.2. The molecule has 1 N–H and O–H groups in total. The van der Waals surface area contributed by atoms with Crippen molar-refractivity contribution in [1.82, 2.24) is 15.1 Å². The number of carbonyl (C=O) groups is 1. The Labute approximate surface area is 147 Å². The quantitative estimate of drug-likeness (QED) is 0.926. The number of hydrogen-bond acceptors (Lipinski definition) is 4. The fraction of sp³-hybridized carbons (Fsp3) is 0.526. The van der Waals surface area contributed by atoms with E-state index in [9.17, 15) is 4.79 Å². The van der Waals surface area contributed by atoms with Crippen molar-refractivity contribution in [2.24, 2.45) is 0 Å². The number of carbonyl (C=O) groups excluding carboxylic acids is 1. The van der Waals surface area contributed by atoms with E-state index in [1.807, 2.05) is 30.3 Å². The van der Waals surface area contributed by atoms with Crippen LogP contribution in [0.5, 0.6) is 0 Å². The molecule has 6 nitrogen and oxygen atoms in total.